The van der Waals surface area contributed by atoms with Gasteiger partial charge in [0.15, 0.2) is 0 Å². The highest BCUT2D eigenvalue weighted by Crippen LogP contribution is 2.26. The lowest BCUT2D eigenvalue weighted by molar-refractivity contribution is -0.136. The zero-order chi connectivity index (χ0) is 25.2. The van der Waals surface area contributed by atoms with Crippen LogP contribution in [0.25, 0.3) is 16.6 Å². The van der Waals surface area contributed by atoms with Gasteiger partial charge in [0.25, 0.3) is 5.91 Å². The van der Waals surface area contributed by atoms with E-state index in [0.29, 0.717) is 31.2 Å². The third-order valence-corrected chi connectivity index (χ3v) is 7.44. The van der Waals surface area contributed by atoms with Crippen molar-refractivity contribution in [1.82, 2.24) is 24.8 Å². The van der Waals surface area contributed by atoms with Gasteiger partial charge in [0.2, 0.25) is 11.9 Å². The number of anilines is 2. The van der Waals surface area contributed by atoms with Crippen molar-refractivity contribution in [3.05, 3.63) is 54.0 Å². The molecule has 0 atom stereocenters. The molecular weight excluding hydrogens is 466 g/mol. The van der Waals surface area contributed by atoms with Crippen LogP contribution in [0.3, 0.4) is 0 Å². The van der Waals surface area contributed by atoms with Gasteiger partial charge in [-0.2, -0.15) is 0 Å². The van der Waals surface area contributed by atoms with Crippen LogP contribution in [-0.2, 0) is 4.79 Å². The Morgan fingerprint density at radius 2 is 1.95 bits per heavy atom. The average Bonchev–Trinajstić information content (AvgIpc) is 3.37. The fourth-order valence-electron chi connectivity index (χ4n) is 5.46. The lowest BCUT2D eigenvalue weighted by Crippen LogP contribution is -2.50. The molecule has 0 bridgehead atoms. The number of nitrogens with zero attached hydrogens (tertiary/aromatic N) is 5. The summed E-state index contributed by atoms with van der Waals surface area (Å²) in [4.78, 5) is 46.2. The Hall–Kier alpha value is -4.01. The van der Waals surface area contributed by atoms with Crippen LogP contribution >= 0.6 is 0 Å². The van der Waals surface area contributed by atoms with Crippen molar-refractivity contribution in [3.63, 3.8) is 0 Å². The average molecular weight is 498 g/mol. The summed E-state index contributed by atoms with van der Waals surface area (Å²) in [5.74, 6) is 0.777. The first kappa shape index (κ1) is 23.4. The highest BCUT2D eigenvalue weighted by Gasteiger charge is 2.31. The molecule has 190 valence electrons. The molecule has 3 aromatic rings. The summed E-state index contributed by atoms with van der Waals surface area (Å²) < 4.78 is 0. The topological polar surface area (TPSA) is 107 Å². The van der Waals surface area contributed by atoms with Crippen LogP contribution < -0.4 is 5.32 Å². The van der Waals surface area contributed by atoms with Crippen LogP contribution in [-0.4, -0.2) is 68.5 Å². The van der Waals surface area contributed by atoms with Crippen LogP contribution in [0.15, 0.2) is 47.6 Å². The number of H-pyrrole nitrogens is 1. The summed E-state index contributed by atoms with van der Waals surface area (Å²) in [6.07, 6.45) is 12.1. The van der Waals surface area contributed by atoms with Crippen molar-refractivity contribution in [2.75, 3.05) is 25.0 Å². The Kier molecular flexibility index (Phi) is 6.42. The van der Waals surface area contributed by atoms with Crippen LogP contribution in [0, 0.1) is 0 Å². The first-order valence-electron chi connectivity index (χ1n) is 13.2. The molecular formula is C28H31N7O2. The largest absolute Gasteiger partial charge is 0.351 e. The summed E-state index contributed by atoms with van der Waals surface area (Å²) in [6.45, 7) is 2.20. The van der Waals surface area contributed by atoms with Gasteiger partial charge in [-0.3, -0.25) is 14.6 Å². The third kappa shape index (κ3) is 4.98. The predicted octanol–water partition coefficient (Wildman–Crippen LogP) is 4.52. The number of piperidine rings is 2. The van der Waals surface area contributed by atoms with Gasteiger partial charge in [0.05, 0.1) is 11.4 Å². The second kappa shape index (κ2) is 10.2. The Balaban J connectivity index is 1.12. The van der Waals surface area contributed by atoms with Gasteiger partial charge < -0.3 is 20.1 Å². The van der Waals surface area contributed by atoms with Crippen LogP contribution in [0.1, 0.15) is 61.1 Å². The molecule has 9 heteroatoms. The number of likely N-dealkylation sites (tertiary alicyclic amines) is 2. The smallest absolute Gasteiger partial charge is 0.270 e. The number of allylic oxidation sites excluding steroid dienone is 1. The van der Waals surface area contributed by atoms with Crippen molar-refractivity contribution >= 4 is 46.3 Å². The molecule has 0 saturated carbocycles. The minimum Gasteiger partial charge on any atom is -0.351 e. The standard InChI is InChI=1S/C28H31N7O2/c36-26-6-2-4-14-35(26)21-10-15-34(16-11-21)27(37)25-18-19-17-20(7-8-22(19)32-25)31-28-30-13-9-24(33-28)23-5-1-3-12-29-23/h5,7-9,12-13,17-18,21,32H,1-4,6,10-11,14-16H2,(H,30,31,33). The van der Waals surface area contributed by atoms with E-state index >= 15 is 0 Å². The molecule has 2 amide bonds. The van der Waals surface area contributed by atoms with E-state index in [1.165, 1.54) is 0 Å². The molecule has 0 spiro atoms. The van der Waals surface area contributed by atoms with E-state index in [0.717, 1.165) is 73.1 Å². The maximum absolute atomic E-state index is 13.2. The molecule has 6 rings (SSSR count). The Morgan fingerprint density at radius 3 is 2.76 bits per heavy atom. The number of benzene rings is 1. The summed E-state index contributed by atoms with van der Waals surface area (Å²) in [5.41, 5.74) is 3.99. The number of rotatable bonds is 5. The van der Waals surface area contributed by atoms with E-state index in [-0.39, 0.29) is 17.9 Å². The van der Waals surface area contributed by atoms with Gasteiger partial charge in [-0.25, -0.2) is 9.97 Å². The number of hydrogen-bond donors (Lipinski definition) is 2. The van der Waals surface area contributed by atoms with Gasteiger partial charge in [-0.1, -0.05) is 6.08 Å². The number of carbonyl (C=O) groups is 2. The van der Waals surface area contributed by atoms with Gasteiger partial charge in [0.1, 0.15) is 5.69 Å². The van der Waals surface area contributed by atoms with E-state index in [1.54, 1.807) is 6.20 Å². The molecule has 2 N–H and O–H groups in total. The van der Waals surface area contributed by atoms with E-state index in [2.05, 4.69) is 31.3 Å². The number of amides is 2. The number of aromatic amines is 1. The second-order valence-electron chi connectivity index (χ2n) is 9.92. The van der Waals surface area contributed by atoms with Gasteiger partial charge in [0, 0.05) is 61.1 Å². The second-order valence-corrected chi connectivity index (χ2v) is 9.92. The summed E-state index contributed by atoms with van der Waals surface area (Å²) in [7, 11) is 0. The van der Waals surface area contributed by atoms with Crippen molar-refractivity contribution in [3.8, 4) is 0 Å². The molecule has 2 aromatic heterocycles. The highest BCUT2D eigenvalue weighted by molar-refractivity contribution is 5.98. The maximum atomic E-state index is 13.2. The molecule has 1 aromatic carbocycles. The third-order valence-electron chi connectivity index (χ3n) is 7.44. The lowest BCUT2D eigenvalue weighted by atomic mass is 9.99. The van der Waals surface area contributed by atoms with Crippen molar-refractivity contribution in [1.29, 1.82) is 0 Å². The number of aromatic nitrogens is 3. The van der Waals surface area contributed by atoms with E-state index in [1.807, 2.05) is 46.3 Å². The summed E-state index contributed by atoms with van der Waals surface area (Å²) in [5, 5.41) is 4.22. The molecule has 0 radical (unpaired) electrons. The molecule has 0 aliphatic carbocycles. The van der Waals surface area contributed by atoms with E-state index in [4.69, 9.17) is 0 Å². The highest BCUT2D eigenvalue weighted by atomic mass is 16.2. The predicted molar refractivity (Wildman–Crippen MR) is 144 cm³/mol. The molecule has 2 fully saturated rings. The molecule has 3 aliphatic rings. The van der Waals surface area contributed by atoms with Crippen molar-refractivity contribution < 1.29 is 9.59 Å². The number of hydrogen-bond acceptors (Lipinski definition) is 6. The van der Waals surface area contributed by atoms with Crippen molar-refractivity contribution in [2.24, 2.45) is 4.99 Å². The fourth-order valence-corrected chi connectivity index (χ4v) is 5.46. The Bertz CT molecular complexity index is 1380. The molecule has 3 aliphatic heterocycles. The summed E-state index contributed by atoms with van der Waals surface area (Å²) in [6, 6.07) is 9.92. The van der Waals surface area contributed by atoms with Gasteiger partial charge >= 0.3 is 0 Å². The molecule has 5 heterocycles. The van der Waals surface area contributed by atoms with E-state index < -0.39 is 0 Å². The minimum absolute atomic E-state index is 0.00600. The molecule has 2 saturated heterocycles. The van der Waals surface area contributed by atoms with Gasteiger partial charge in [-0.05, 0) is 68.9 Å². The maximum Gasteiger partial charge on any atom is 0.270 e. The zero-order valence-electron chi connectivity index (χ0n) is 20.8. The minimum atomic E-state index is 0.00600. The monoisotopic (exact) mass is 497 g/mol. The molecule has 37 heavy (non-hydrogen) atoms. The number of fused-ring (bicyclic) bond motifs is 1. The van der Waals surface area contributed by atoms with E-state index in [9.17, 15) is 9.59 Å². The zero-order valence-corrected chi connectivity index (χ0v) is 20.8. The SMILES string of the molecule is O=C(c1cc2cc(Nc3nccc(C4=CCCC=N4)n3)ccc2[nH]1)N1CCC(N2CCCCC2=O)CC1. The van der Waals surface area contributed by atoms with Crippen LogP contribution in [0.5, 0.6) is 0 Å². The number of carbonyl (C=O) groups excluding carboxylic acids is 2. The number of nitrogens with one attached hydrogen (secondary N) is 2. The van der Waals surface area contributed by atoms with Crippen molar-refractivity contribution in [2.45, 2.75) is 51.0 Å². The first-order chi connectivity index (χ1) is 18.1. The quantitative estimate of drug-likeness (QED) is 0.539. The fraction of sp³-hybridized carbons (Fsp3) is 0.393. The van der Waals surface area contributed by atoms with Crippen LogP contribution in [0.4, 0.5) is 11.6 Å². The first-order valence-corrected chi connectivity index (χ1v) is 13.2. The number of aliphatic imine (C=N–C) groups is 1. The molecule has 9 nitrogen and oxygen atoms in total. The summed E-state index contributed by atoms with van der Waals surface area (Å²) >= 11 is 0. The molecule has 0 unspecified atom stereocenters. The van der Waals surface area contributed by atoms with Gasteiger partial charge in [-0.15, -0.1) is 0 Å². The lowest BCUT2D eigenvalue weighted by Gasteiger charge is -2.40. The van der Waals surface area contributed by atoms with Crippen LogP contribution in [0.2, 0.25) is 0 Å². The Morgan fingerprint density at radius 1 is 1.05 bits per heavy atom. The normalized spacial score (nSPS) is 18.8. The Labute approximate surface area is 215 Å².